The highest BCUT2D eigenvalue weighted by atomic mass is 16.5. The molecule has 2 fully saturated rings. The number of rotatable bonds is 4. The van der Waals surface area contributed by atoms with Gasteiger partial charge in [0.1, 0.15) is 0 Å². The third-order valence-electron chi connectivity index (χ3n) is 5.03. The molecule has 2 nitrogen and oxygen atoms in total. The minimum absolute atomic E-state index is 0.549. The Hall–Kier alpha value is -0.0800. The highest BCUT2D eigenvalue weighted by Gasteiger charge is 2.27. The molecule has 0 N–H and O–H groups in total. The Labute approximate surface area is 127 Å². The summed E-state index contributed by atoms with van der Waals surface area (Å²) in [6.07, 6.45) is 8.99. The van der Waals surface area contributed by atoms with Gasteiger partial charge in [0.2, 0.25) is 0 Å². The minimum atomic E-state index is 0.549. The molecule has 120 valence electrons. The molecule has 1 aliphatic carbocycles. The normalized spacial score (nSPS) is 29.1. The molecule has 1 saturated carbocycles. The maximum atomic E-state index is 6.33. The van der Waals surface area contributed by atoms with E-state index in [1.165, 1.54) is 58.2 Å². The van der Waals surface area contributed by atoms with Gasteiger partial charge >= 0.3 is 0 Å². The van der Waals surface area contributed by atoms with Crippen LogP contribution in [0.3, 0.4) is 0 Å². The molecule has 2 aliphatic rings. The van der Waals surface area contributed by atoms with Crippen molar-refractivity contribution >= 4 is 0 Å². The number of ether oxygens (including phenoxy) is 1. The lowest BCUT2D eigenvalue weighted by Crippen LogP contribution is -2.39. The fraction of sp³-hybridized carbons (Fsp3) is 1.00. The molecule has 0 unspecified atom stereocenters. The summed E-state index contributed by atoms with van der Waals surface area (Å²) in [4.78, 5) is 2.54. The van der Waals surface area contributed by atoms with Crippen molar-refractivity contribution in [3.8, 4) is 0 Å². The molecule has 1 heterocycles. The van der Waals surface area contributed by atoms with Crippen LogP contribution in [0.5, 0.6) is 0 Å². The van der Waals surface area contributed by atoms with Crippen LogP contribution >= 0.6 is 0 Å². The van der Waals surface area contributed by atoms with Crippen molar-refractivity contribution in [1.29, 1.82) is 0 Å². The summed E-state index contributed by atoms with van der Waals surface area (Å²) in [7, 11) is 0. The maximum Gasteiger partial charge on any atom is 0.0603 e. The van der Waals surface area contributed by atoms with E-state index in [9.17, 15) is 0 Å². The summed E-state index contributed by atoms with van der Waals surface area (Å²) < 4.78 is 6.33. The first-order chi connectivity index (χ1) is 9.69. The van der Waals surface area contributed by atoms with Gasteiger partial charge in [0, 0.05) is 13.1 Å². The first-order valence-electron chi connectivity index (χ1n) is 9.06. The quantitative estimate of drug-likeness (QED) is 0.739. The summed E-state index contributed by atoms with van der Waals surface area (Å²) in [6, 6.07) is 0. The fourth-order valence-electron chi connectivity index (χ4n) is 3.53. The first kappa shape index (κ1) is 18.0. The Bertz CT molecular complexity index is 226. The van der Waals surface area contributed by atoms with E-state index in [1.54, 1.807) is 0 Å². The van der Waals surface area contributed by atoms with Crippen LogP contribution in [-0.4, -0.2) is 36.7 Å². The van der Waals surface area contributed by atoms with Gasteiger partial charge in [-0.25, -0.2) is 0 Å². The maximum absolute atomic E-state index is 6.33. The molecule has 0 amide bonds. The predicted octanol–water partition coefficient (Wildman–Crippen LogP) is 4.73. The Kier molecular flexibility index (Phi) is 8.79. The second kappa shape index (κ2) is 9.78. The molecule has 1 saturated heterocycles. The number of piperidine rings is 1. The average molecular weight is 284 g/mol. The van der Waals surface area contributed by atoms with Crippen molar-refractivity contribution in [2.75, 3.05) is 19.6 Å². The van der Waals surface area contributed by atoms with Crippen LogP contribution in [0.4, 0.5) is 0 Å². The predicted molar refractivity (Wildman–Crippen MR) is 88.2 cm³/mol. The zero-order valence-electron chi connectivity index (χ0n) is 14.5. The van der Waals surface area contributed by atoms with Gasteiger partial charge < -0.3 is 9.64 Å². The molecular formula is C18H37NO. The topological polar surface area (TPSA) is 12.5 Å². The molecule has 0 aromatic rings. The van der Waals surface area contributed by atoms with Gasteiger partial charge in [-0.15, -0.1) is 0 Å². The summed E-state index contributed by atoms with van der Waals surface area (Å²) >= 11 is 0. The SMILES string of the molecule is CC.CCN1CCC(OC2CCC(C(C)C)CC2)CC1. The fourth-order valence-corrected chi connectivity index (χ4v) is 3.53. The zero-order chi connectivity index (χ0) is 15.0. The highest BCUT2D eigenvalue weighted by molar-refractivity contribution is 4.78. The van der Waals surface area contributed by atoms with Crippen molar-refractivity contribution in [2.24, 2.45) is 11.8 Å². The van der Waals surface area contributed by atoms with Gasteiger partial charge in [0.25, 0.3) is 0 Å². The van der Waals surface area contributed by atoms with Crippen LogP contribution < -0.4 is 0 Å². The lowest BCUT2D eigenvalue weighted by atomic mass is 9.80. The van der Waals surface area contributed by atoms with Crippen molar-refractivity contribution < 1.29 is 4.74 Å². The number of hydrogen-bond donors (Lipinski definition) is 0. The van der Waals surface area contributed by atoms with Crippen LogP contribution in [0, 0.1) is 11.8 Å². The van der Waals surface area contributed by atoms with E-state index in [2.05, 4.69) is 25.7 Å². The smallest absolute Gasteiger partial charge is 0.0603 e. The van der Waals surface area contributed by atoms with Gasteiger partial charge in [-0.3, -0.25) is 0 Å². The Balaban J connectivity index is 0.000000956. The lowest BCUT2D eigenvalue weighted by molar-refractivity contribution is -0.0624. The highest BCUT2D eigenvalue weighted by Crippen LogP contribution is 2.32. The summed E-state index contributed by atoms with van der Waals surface area (Å²) in [5.41, 5.74) is 0. The Morgan fingerprint density at radius 2 is 1.40 bits per heavy atom. The van der Waals surface area contributed by atoms with E-state index in [-0.39, 0.29) is 0 Å². The molecule has 0 atom stereocenters. The second-order valence-corrected chi connectivity index (χ2v) is 6.55. The molecule has 0 bridgehead atoms. The van der Waals surface area contributed by atoms with Crippen molar-refractivity contribution in [2.45, 2.75) is 85.4 Å². The van der Waals surface area contributed by atoms with Gasteiger partial charge in [0.15, 0.2) is 0 Å². The van der Waals surface area contributed by atoms with E-state index in [0.29, 0.717) is 12.2 Å². The van der Waals surface area contributed by atoms with Crippen LogP contribution in [0.25, 0.3) is 0 Å². The van der Waals surface area contributed by atoms with Gasteiger partial charge in [-0.05, 0) is 56.9 Å². The van der Waals surface area contributed by atoms with E-state index in [4.69, 9.17) is 4.74 Å². The van der Waals surface area contributed by atoms with Crippen molar-refractivity contribution in [3.05, 3.63) is 0 Å². The van der Waals surface area contributed by atoms with E-state index in [1.807, 2.05) is 13.8 Å². The lowest BCUT2D eigenvalue weighted by Gasteiger charge is -2.36. The first-order valence-corrected chi connectivity index (χ1v) is 9.06. The van der Waals surface area contributed by atoms with Crippen molar-refractivity contribution in [1.82, 2.24) is 4.90 Å². The summed E-state index contributed by atoms with van der Waals surface area (Å²) in [5.74, 6) is 1.81. The van der Waals surface area contributed by atoms with Gasteiger partial charge in [0.05, 0.1) is 12.2 Å². The second-order valence-electron chi connectivity index (χ2n) is 6.55. The largest absolute Gasteiger partial charge is 0.375 e. The van der Waals surface area contributed by atoms with E-state index < -0.39 is 0 Å². The number of likely N-dealkylation sites (tertiary alicyclic amines) is 1. The molecule has 0 spiro atoms. The zero-order valence-corrected chi connectivity index (χ0v) is 14.5. The monoisotopic (exact) mass is 283 g/mol. The van der Waals surface area contributed by atoms with Crippen molar-refractivity contribution in [3.63, 3.8) is 0 Å². The number of hydrogen-bond acceptors (Lipinski definition) is 2. The third-order valence-corrected chi connectivity index (χ3v) is 5.03. The molecule has 0 aromatic heterocycles. The van der Waals surface area contributed by atoms with Crippen LogP contribution in [0.1, 0.15) is 73.1 Å². The van der Waals surface area contributed by atoms with E-state index >= 15 is 0 Å². The molecular weight excluding hydrogens is 246 g/mol. The van der Waals surface area contributed by atoms with Gasteiger partial charge in [-0.1, -0.05) is 34.6 Å². The Morgan fingerprint density at radius 1 is 0.900 bits per heavy atom. The third kappa shape index (κ3) is 5.73. The number of nitrogens with zero attached hydrogens (tertiary/aromatic N) is 1. The van der Waals surface area contributed by atoms with Gasteiger partial charge in [-0.2, -0.15) is 0 Å². The molecule has 20 heavy (non-hydrogen) atoms. The summed E-state index contributed by atoms with van der Waals surface area (Å²) in [5, 5.41) is 0. The minimum Gasteiger partial charge on any atom is -0.375 e. The molecule has 2 rings (SSSR count). The van der Waals surface area contributed by atoms with Crippen LogP contribution in [0.2, 0.25) is 0 Å². The average Bonchev–Trinajstić information content (AvgIpc) is 2.50. The molecule has 0 aromatic carbocycles. The Morgan fingerprint density at radius 3 is 1.85 bits per heavy atom. The standard InChI is InChI=1S/C16H31NO.C2H6/c1-4-17-11-9-16(10-12-17)18-15-7-5-14(6-8-15)13(2)3;1-2/h13-16H,4-12H2,1-3H3;1-2H3. The molecule has 0 radical (unpaired) electrons. The van der Waals surface area contributed by atoms with E-state index in [0.717, 1.165) is 11.8 Å². The molecule has 1 aliphatic heterocycles. The van der Waals surface area contributed by atoms with Crippen LogP contribution in [-0.2, 0) is 4.74 Å². The van der Waals surface area contributed by atoms with Crippen LogP contribution in [0.15, 0.2) is 0 Å². The summed E-state index contributed by atoms with van der Waals surface area (Å²) in [6.45, 7) is 14.7. The molecule has 2 heteroatoms.